The number of likely N-dealkylation sites (tertiary alicyclic amines) is 1. The lowest BCUT2D eigenvalue weighted by Gasteiger charge is -2.26. The Hall–Kier alpha value is -2.38. The average molecular weight is 583 g/mol. The molecule has 0 aliphatic carbocycles. The van der Waals surface area contributed by atoms with E-state index >= 15 is 0 Å². The van der Waals surface area contributed by atoms with Gasteiger partial charge in [-0.3, -0.25) is 4.90 Å². The van der Waals surface area contributed by atoms with E-state index in [1.165, 1.54) is 49.1 Å². The zero-order valence-corrected chi connectivity index (χ0v) is 25.9. The zero-order chi connectivity index (χ0) is 28.9. The Balaban J connectivity index is 0. The van der Waals surface area contributed by atoms with Crippen molar-refractivity contribution >= 4 is 21.5 Å². The van der Waals surface area contributed by atoms with Gasteiger partial charge < -0.3 is 5.11 Å². The predicted molar refractivity (Wildman–Crippen MR) is 176 cm³/mol. The molecular weight excluding hydrogens is 530 g/mol. The number of aliphatic hydroxyl groups excluding tert-OH is 1. The summed E-state index contributed by atoms with van der Waals surface area (Å²) < 4.78 is 0.928. The van der Waals surface area contributed by atoms with E-state index in [-0.39, 0.29) is 0 Å². The second-order valence-corrected chi connectivity index (χ2v) is 9.63. The maximum absolute atomic E-state index is 8.07. The molecule has 2 rings (SSSR count). The van der Waals surface area contributed by atoms with E-state index in [0.29, 0.717) is 6.61 Å². The van der Waals surface area contributed by atoms with Crippen molar-refractivity contribution in [2.75, 3.05) is 19.7 Å². The minimum atomic E-state index is 0.344. The van der Waals surface area contributed by atoms with Crippen molar-refractivity contribution in [3.05, 3.63) is 102 Å². The summed E-state index contributed by atoms with van der Waals surface area (Å²) in [5, 5.41) is 8.07. The van der Waals surface area contributed by atoms with Crippen molar-refractivity contribution in [2.45, 2.75) is 78.7 Å². The van der Waals surface area contributed by atoms with E-state index in [1.807, 2.05) is 25.2 Å². The number of halogens is 1. The molecule has 1 heterocycles. The third-order valence-corrected chi connectivity index (χ3v) is 6.01. The highest BCUT2D eigenvalue weighted by Gasteiger charge is 2.10. The first-order chi connectivity index (χ1) is 18.5. The zero-order valence-electron chi connectivity index (χ0n) is 24.3. The van der Waals surface area contributed by atoms with Gasteiger partial charge in [-0.25, -0.2) is 0 Å². The molecule has 1 saturated heterocycles. The summed E-state index contributed by atoms with van der Waals surface area (Å²) in [6, 6.07) is 8.91. The Bertz CT molecular complexity index is 847. The maximum Gasteiger partial charge on any atom is 0.0430 e. The molecule has 0 bridgehead atoms. The number of nitrogens with zero attached hydrogens (tertiary/aromatic N) is 1. The minimum absolute atomic E-state index is 0.344. The molecule has 1 aliphatic heterocycles. The fourth-order valence-corrected chi connectivity index (χ4v) is 3.75. The molecule has 38 heavy (non-hydrogen) atoms. The van der Waals surface area contributed by atoms with Gasteiger partial charge in [0.05, 0.1) is 0 Å². The summed E-state index contributed by atoms with van der Waals surface area (Å²) in [5.74, 6) is 2.50. The molecule has 2 nitrogen and oxygen atoms in total. The number of benzene rings is 1. The Morgan fingerprint density at radius 2 is 1.74 bits per heavy atom. The lowest BCUT2D eigenvalue weighted by Crippen LogP contribution is -2.29. The van der Waals surface area contributed by atoms with Crippen molar-refractivity contribution in [3.63, 3.8) is 0 Å². The highest BCUT2D eigenvalue weighted by molar-refractivity contribution is 9.11. The van der Waals surface area contributed by atoms with E-state index in [2.05, 4.69) is 103 Å². The van der Waals surface area contributed by atoms with Gasteiger partial charge in [0.25, 0.3) is 0 Å². The molecule has 3 heteroatoms. The van der Waals surface area contributed by atoms with Crippen LogP contribution in [0, 0.1) is 12.3 Å². The van der Waals surface area contributed by atoms with E-state index in [4.69, 9.17) is 11.5 Å². The molecule has 1 aromatic rings. The van der Waals surface area contributed by atoms with E-state index < -0.39 is 0 Å². The number of hydrogen-bond acceptors (Lipinski definition) is 2. The predicted octanol–water partition coefficient (Wildman–Crippen LogP) is 10.0. The third kappa shape index (κ3) is 22.8. The number of hydrogen-bond donors (Lipinski definition) is 1. The average Bonchev–Trinajstić information content (AvgIpc) is 2.95. The monoisotopic (exact) mass is 581 g/mol. The van der Waals surface area contributed by atoms with E-state index in [1.54, 1.807) is 6.08 Å². The molecule has 1 fully saturated rings. The second kappa shape index (κ2) is 29.2. The highest BCUT2D eigenvalue weighted by atomic mass is 79.9. The van der Waals surface area contributed by atoms with Crippen LogP contribution in [-0.2, 0) is 6.54 Å². The first kappa shape index (κ1) is 37.8. The molecule has 0 aromatic heterocycles. The number of piperidine rings is 1. The second-order valence-electron chi connectivity index (χ2n) is 8.71. The molecule has 0 spiro atoms. The van der Waals surface area contributed by atoms with Crippen LogP contribution in [0.4, 0.5) is 0 Å². The molecule has 1 aliphatic rings. The largest absolute Gasteiger partial charge is 0.396 e. The molecule has 0 radical (unpaired) electrons. The fourth-order valence-electron chi connectivity index (χ4n) is 3.43. The SMILES string of the molecule is C#C/C=C(Br)\C=C/CCC(=C)c1ccc(CN2CCCCC2)cc1.C/C=C\C=C/CC.C=C.CCCCO. The number of rotatable bonds is 11. The van der Waals surface area contributed by atoms with Crippen LogP contribution >= 0.6 is 15.9 Å². The molecule has 0 atom stereocenters. The van der Waals surface area contributed by atoms with Crippen LogP contribution in [0.15, 0.2) is 91.0 Å². The summed E-state index contributed by atoms with van der Waals surface area (Å²) in [6.07, 6.45) is 28.4. The molecule has 0 amide bonds. The van der Waals surface area contributed by atoms with Gasteiger partial charge >= 0.3 is 0 Å². The molecular formula is C35H52BrNO. The molecule has 210 valence electrons. The van der Waals surface area contributed by atoms with Gasteiger partial charge in [0.15, 0.2) is 0 Å². The van der Waals surface area contributed by atoms with Gasteiger partial charge in [0, 0.05) is 23.7 Å². The van der Waals surface area contributed by atoms with Crippen LogP contribution in [0.25, 0.3) is 5.57 Å². The van der Waals surface area contributed by atoms with E-state index in [9.17, 15) is 0 Å². The number of unbranched alkanes of at least 4 members (excludes halogenated alkanes) is 1. The lowest BCUT2D eigenvalue weighted by molar-refractivity contribution is 0.221. The first-order valence-corrected chi connectivity index (χ1v) is 14.7. The topological polar surface area (TPSA) is 23.5 Å². The van der Waals surface area contributed by atoms with Crippen molar-refractivity contribution in [1.82, 2.24) is 4.90 Å². The van der Waals surface area contributed by atoms with Crippen LogP contribution in [0.5, 0.6) is 0 Å². The fraction of sp³-hybridized carbons (Fsp3) is 0.429. The highest BCUT2D eigenvalue weighted by Crippen LogP contribution is 2.20. The summed E-state index contributed by atoms with van der Waals surface area (Å²) in [6.45, 7) is 20.3. The summed E-state index contributed by atoms with van der Waals surface area (Å²) in [4.78, 5) is 2.56. The third-order valence-electron chi connectivity index (χ3n) is 5.52. The summed E-state index contributed by atoms with van der Waals surface area (Å²) in [7, 11) is 0. The van der Waals surface area contributed by atoms with Crippen LogP contribution in [0.2, 0.25) is 0 Å². The van der Waals surface area contributed by atoms with Gasteiger partial charge in [-0.15, -0.1) is 19.6 Å². The van der Waals surface area contributed by atoms with Gasteiger partial charge in [-0.1, -0.05) is 116 Å². The van der Waals surface area contributed by atoms with Crippen molar-refractivity contribution in [2.24, 2.45) is 0 Å². The van der Waals surface area contributed by atoms with Gasteiger partial charge in [0.2, 0.25) is 0 Å². The van der Waals surface area contributed by atoms with Crippen LogP contribution in [0.1, 0.15) is 83.3 Å². The molecule has 1 N–H and O–H groups in total. The van der Waals surface area contributed by atoms with Gasteiger partial charge in [-0.2, -0.15) is 0 Å². The number of aliphatic hydroxyl groups is 1. The van der Waals surface area contributed by atoms with Crippen LogP contribution < -0.4 is 0 Å². The smallest absolute Gasteiger partial charge is 0.0430 e. The number of allylic oxidation sites excluding steroid dienone is 9. The quantitative estimate of drug-likeness (QED) is 0.159. The van der Waals surface area contributed by atoms with E-state index in [0.717, 1.165) is 43.1 Å². The van der Waals surface area contributed by atoms with Gasteiger partial charge in [-0.05, 0) is 75.2 Å². The Kier molecular flexibility index (Phi) is 29.0. The lowest BCUT2D eigenvalue weighted by atomic mass is 10.0. The molecule has 0 saturated carbocycles. The first-order valence-electron chi connectivity index (χ1n) is 13.9. The standard InChI is InChI=1S/C22H26BrN.C7H12.C4H10O.C2H4/c1-3-9-22(23)11-6-5-10-19(2)21-14-12-20(13-15-21)18-24-16-7-4-8-17-24;1-3-5-7-6-4-2;1-2-3-4-5;1-2/h1,6,9,11-15H,2,4-5,7-8,10,16-18H2;3,5-7H,4H2,1-2H3;5H,2-4H2,1H3;1-2H2/b11-6-,22-9+;5-3-,7-6-;;. The normalized spacial score (nSPS) is 13.6. The Morgan fingerprint density at radius 3 is 2.24 bits per heavy atom. The van der Waals surface area contributed by atoms with Crippen molar-refractivity contribution in [3.8, 4) is 12.3 Å². The van der Waals surface area contributed by atoms with Gasteiger partial charge in [0.1, 0.15) is 0 Å². The maximum atomic E-state index is 8.07. The summed E-state index contributed by atoms with van der Waals surface area (Å²) >= 11 is 3.40. The van der Waals surface area contributed by atoms with Crippen LogP contribution in [-0.4, -0.2) is 29.7 Å². The number of terminal acetylenes is 1. The molecule has 0 unspecified atom stereocenters. The van der Waals surface area contributed by atoms with Crippen molar-refractivity contribution in [1.29, 1.82) is 0 Å². The molecule has 1 aromatic carbocycles. The minimum Gasteiger partial charge on any atom is -0.396 e. The summed E-state index contributed by atoms with van der Waals surface area (Å²) in [5.41, 5.74) is 3.82. The Labute approximate surface area is 243 Å². The van der Waals surface area contributed by atoms with Crippen LogP contribution in [0.3, 0.4) is 0 Å². The van der Waals surface area contributed by atoms with Crippen molar-refractivity contribution < 1.29 is 5.11 Å². The Morgan fingerprint density at radius 1 is 1.08 bits per heavy atom.